The van der Waals surface area contributed by atoms with Gasteiger partial charge in [-0.05, 0) is 24.6 Å². The smallest absolute Gasteiger partial charge is 0.409 e. The molecule has 4 rings (SSSR count). The van der Waals surface area contributed by atoms with Gasteiger partial charge in [-0.15, -0.1) is 0 Å². The zero-order chi connectivity index (χ0) is 24.8. The second kappa shape index (κ2) is 10.7. The van der Waals surface area contributed by atoms with Crippen LogP contribution in [0, 0.1) is 0 Å². The Morgan fingerprint density at radius 3 is 2.31 bits per heavy atom. The summed E-state index contributed by atoms with van der Waals surface area (Å²) in [7, 11) is 0. The van der Waals surface area contributed by atoms with Crippen LogP contribution in [0.2, 0.25) is 0 Å². The monoisotopic (exact) mass is 478 g/mol. The van der Waals surface area contributed by atoms with Crippen molar-refractivity contribution in [1.29, 1.82) is 0 Å². The number of carbonyl (C=O) groups is 4. The molecule has 9 nitrogen and oxygen atoms in total. The Morgan fingerprint density at radius 1 is 0.971 bits per heavy atom. The van der Waals surface area contributed by atoms with Gasteiger partial charge in [0.1, 0.15) is 0 Å². The van der Waals surface area contributed by atoms with Gasteiger partial charge in [-0.3, -0.25) is 24.3 Å². The van der Waals surface area contributed by atoms with Gasteiger partial charge >= 0.3 is 6.09 Å². The number of aromatic nitrogens is 1. The highest BCUT2D eigenvalue weighted by molar-refractivity contribution is 6.10. The van der Waals surface area contributed by atoms with Gasteiger partial charge in [0.2, 0.25) is 17.7 Å². The summed E-state index contributed by atoms with van der Waals surface area (Å²) < 4.78 is 5.04. The van der Waals surface area contributed by atoms with Crippen molar-refractivity contribution in [2.45, 2.75) is 31.6 Å². The maximum absolute atomic E-state index is 13.7. The third-order valence-corrected chi connectivity index (χ3v) is 6.66. The van der Waals surface area contributed by atoms with Crippen LogP contribution in [0.1, 0.15) is 31.0 Å². The number of pyridine rings is 1. The minimum atomic E-state index is -1.24. The van der Waals surface area contributed by atoms with Crippen LogP contribution in [-0.2, 0) is 31.0 Å². The lowest BCUT2D eigenvalue weighted by Gasteiger charge is -2.36. The molecule has 9 heteroatoms. The molecule has 2 aliphatic rings. The Labute approximate surface area is 204 Å². The van der Waals surface area contributed by atoms with E-state index in [4.69, 9.17) is 4.74 Å². The molecular formula is C26H30N4O5. The molecule has 1 atom stereocenters. The summed E-state index contributed by atoms with van der Waals surface area (Å²) in [5.74, 6) is -0.831. The highest BCUT2D eigenvalue weighted by Gasteiger charge is 2.54. The summed E-state index contributed by atoms with van der Waals surface area (Å²) >= 11 is 0. The minimum absolute atomic E-state index is 0.0490. The minimum Gasteiger partial charge on any atom is -0.450 e. The number of likely N-dealkylation sites (tertiary alicyclic amines) is 1. The van der Waals surface area contributed by atoms with Crippen molar-refractivity contribution < 1.29 is 23.9 Å². The zero-order valence-electron chi connectivity index (χ0n) is 19.9. The first-order chi connectivity index (χ1) is 16.9. The van der Waals surface area contributed by atoms with Gasteiger partial charge in [0, 0.05) is 63.9 Å². The number of hydrogen-bond acceptors (Lipinski definition) is 6. The molecular weight excluding hydrogens is 448 g/mol. The van der Waals surface area contributed by atoms with Crippen LogP contribution < -0.4 is 0 Å². The number of nitrogens with zero attached hydrogens (tertiary/aromatic N) is 4. The molecule has 184 valence electrons. The standard InChI is InChI=1S/C26H30N4O5/c1-2-35-25(34)29-16-14-28(15-17-29)22(31)18-26(20-8-4-3-5-9-20)19-23(32)30(24(26)33)13-11-21-10-6-7-12-27-21/h3-10,12H,2,11,13-19H2,1H3/t26-/m1/s1. The third kappa shape index (κ3) is 5.18. The van der Waals surface area contributed by atoms with Gasteiger partial charge in [0.05, 0.1) is 12.0 Å². The lowest BCUT2D eigenvalue weighted by atomic mass is 9.75. The van der Waals surface area contributed by atoms with Crippen molar-refractivity contribution in [3.05, 3.63) is 66.0 Å². The van der Waals surface area contributed by atoms with E-state index < -0.39 is 5.41 Å². The number of piperazine rings is 1. The molecule has 0 N–H and O–H groups in total. The van der Waals surface area contributed by atoms with E-state index >= 15 is 0 Å². The first-order valence-electron chi connectivity index (χ1n) is 11.9. The third-order valence-electron chi connectivity index (χ3n) is 6.66. The number of rotatable bonds is 7. The van der Waals surface area contributed by atoms with Crippen LogP contribution in [-0.4, -0.2) is 82.8 Å². The van der Waals surface area contributed by atoms with E-state index in [-0.39, 0.29) is 43.2 Å². The topological polar surface area (TPSA) is 100 Å². The van der Waals surface area contributed by atoms with E-state index in [0.717, 1.165) is 5.69 Å². The quantitative estimate of drug-likeness (QED) is 0.565. The Bertz CT molecular complexity index is 1070. The number of hydrogen-bond donors (Lipinski definition) is 0. The molecule has 4 amide bonds. The van der Waals surface area contributed by atoms with E-state index in [1.54, 1.807) is 35.1 Å². The van der Waals surface area contributed by atoms with Crippen LogP contribution >= 0.6 is 0 Å². The van der Waals surface area contributed by atoms with Gasteiger partial charge in [-0.2, -0.15) is 0 Å². The maximum atomic E-state index is 13.7. The first kappa shape index (κ1) is 24.4. The summed E-state index contributed by atoms with van der Waals surface area (Å²) in [6.45, 7) is 3.71. The van der Waals surface area contributed by atoms with Crippen molar-refractivity contribution in [3.63, 3.8) is 0 Å². The van der Waals surface area contributed by atoms with Gasteiger partial charge < -0.3 is 14.5 Å². The van der Waals surface area contributed by atoms with Crippen molar-refractivity contribution in [1.82, 2.24) is 19.7 Å². The predicted molar refractivity (Wildman–Crippen MR) is 127 cm³/mol. The average Bonchev–Trinajstić information content (AvgIpc) is 3.13. The van der Waals surface area contributed by atoms with Crippen LogP contribution in [0.25, 0.3) is 0 Å². The summed E-state index contributed by atoms with van der Waals surface area (Å²) in [5.41, 5.74) is 0.218. The van der Waals surface area contributed by atoms with E-state index in [1.165, 1.54) is 4.90 Å². The molecule has 1 aromatic heterocycles. The SMILES string of the molecule is CCOC(=O)N1CCN(C(=O)C[C@]2(c3ccccc3)CC(=O)N(CCc3ccccn3)C2=O)CC1. The molecule has 0 saturated carbocycles. The number of ether oxygens (including phenoxy) is 1. The number of amides is 4. The number of benzene rings is 1. The van der Waals surface area contributed by atoms with E-state index in [1.807, 2.05) is 36.4 Å². The van der Waals surface area contributed by atoms with Gasteiger partial charge in [0.15, 0.2) is 0 Å². The number of imide groups is 1. The largest absolute Gasteiger partial charge is 0.450 e. The van der Waals surface area contributed by atoms with Crippen molar-refractivity contribution >= 4 is 23.8 Å². The fourth-order valence-electron chi connectivity index (χ4n) is 4.75. The van der Waals surface area contributed by atoms with Gasteiger partial charge in [0.25, 0.3) is 0 Å². The highest BCUT2D eigenvalue weighted by atomic mass is 16.6. The molecule has 2 aliphatic heterocycles. The van der Waals surface area contributed by atoms with E-state index in [0.29, 0.717) is 44.8 Å². The Morgan fingerprint density at radius 2 is 1.66 bits per heavy atom. The average molecular weight is 479 g/mol. The van der Waals surface area contributed by atoms with Gasteiger partial charge in [-0.1, -0.05) is 36.4 Å². The predicted octanol–water partition coefficient (Wildman–Crippen LogP) is 2.01. The number of carbonyl (C=O) groups excluding carboxylic acids is 4. The molecule has 0 aliphatic carbocycles. The molecule has 0 spiro atoms. The summed E-state index contributed by atoms with van der Waals surface area (Å²) in [5, 5.41) is 0. The maximum Gasteiger partial charge on any atom is 0.409 e. The molecule has 1 aromatic carbocycles. The molecule has 2 fully saturated rings. The first-order valence-corrected chi connectivity index (χ1v) is 11.9. The molecule has 3 heterocycles. The van der Waals surface area contributed by atoms with Crippen LogP contribution in [0.3, 0.4) is 0 Å². The van der Waals surface area contributed by atoms with Crippen LogP contribution in [0.5, 0.6) is 0 Å². The summed E-state index contributed by atoms with van der Waals surface area (Å²) in [4.78, 5) is 60.9. The normalized spacial score (nSPS) is 20.3. The molecule has 2 saturated heterocycles. The summed E-state index contributed by atoms with van der Waals surface area (Å²) in [6.07, 6.45) is 1.60. The fourth-order valence-corrected chi connectivity index (χ4v) is 4.75. The lowest BCUT2D eigenvalue weighted by molar-refractivity contribution is -0.143. The highest BCUT2D eigenvalue weighted by Crippen LogP contribution is 2.40. The Kier molecular flexibility index (Phi) is 7.43. The van der Waals surface area contributed by atoms with Crippen molar-refractivity contribution in [3.8, 4) is 0 Å². The molecule has 35 heavy (non-hydrogen) atoms. The molecule has 0 bridgehead atoms. The van der Waals surface area contributed by atoms with Crippen molar-refractivity contribution in [2.75, 3.05) is 39.3 Å². The molecule has 0 unspecified atom stereocenters. The van der Waals surface area contributed by atoms with Gasteiger partial charge in [-0.25, -0.2) is 4.79 Å². The zero-order valence-corrected chi connectivity index (χ0v) is 19.9. The second-order valence-electron chi connectivity index (χ2n) is 8.79. The lowest BCUT2D eigenvalue weighted by Crippen LogP contribution is -2.52. The van der Waals surface area contributed by atoms with E-state index in [2.05, 4.69) is 4.98 Å². The van der Waals surface area contributed by atoms with Crippen molar-refractivity contribution in [2.24, 2.45) is 0 Å². The molecule has 2 aromatic rings. The molecule has 0 radical (unpaired) electrons. The van der Waals surface area contributed by atoms with Crippen LogP contribution in [0.15, 0.2) is 54.7 Å². The Hall–Kier alpha value is -3.75. The second-order valence-corrected chi connectivity index (χ2v) is 8.79. The Balaban J connectivity index is 1.50. The van der Waals surface area contributed by atoms with E-state index in [9.17, 15) is 19.2 Å². The van der Waals surface area contributed by atoms with Crippen LogP contribution in [0.4, 0.5) is 4.79 Å². The fraction of sp³-hybridized carbons (Fsp3) is 0.423. The summed E-state index contributed by atoms with van der Waals surface area (Å²) in [6, 6.07) is 14.6.